The Morgan fingerprint density at radius 2 is 2.11 bits per heavy atom. The lowest BCUT2D eigenvalue weighted by Gasteiger charge is -2.18. The second-order valence-electron chi connectivity index (χ2n) is 4.92. The van der Waals surface area contributed by atoms with E-state index >= 15 is 0 Å². The monoisotopic (exact) mass is 260 g/mol. The third kappa shape index (κ3) is 3.83. The molecule has 0 saturated heterocycles. The van der Waals surface area contributed by atoms with Crippen molar-refractivity contribution < 1.29 is 9.90 Å². The quantitative estimate of drug-likeness (QED) is 0.725. The summed E-state index contributed by atoms with van der Waals surface area (Å²) in [4.78, 5) is 11.9. The van der Waals surface area contributed by atoms with Gasteiger partial charge in [0, 0.05) is 18.6 Å². The molecule has 1 aromatic rings. The maximum Gasteiger partial charge on any atom is 0.315 e. The summed E-state index contributed by atoms with van der Waals surface area (Å²) in [5.74, 6) is 0.164. The molecule has 1 unspecified atom stereocenters. The smallest absolute Gasteiger partial charge is 0.315 e. The van der Waals surface area contributed by atoms with Crippen LogP contribution in [0.15, 0.2) is 42.5 Å². The Labute approximate surface area is 113 Å². The summed E-state index contributed by atoms with van der Waals surface area (Å²) >= 11 is 0. The minimum atomic E-state index is -0.176. The molecule has 0 aromatic heterocycles. The van der Waals surface area contributed by atoms with Crippen LogP contribution in [0.4, 0.5) is 4.79 Å². The topological polar surface area (TPSA) is 61.4 Å². The molecule has 0 radical (unpaired) electrons. The molecule has 3 atom stereocenters. The third-order valence-corrected chi connectivity index (χ3v) is 3.37. The second kappa shape index (κ2) is 6.38. The van der Waals surface area contributed by atoms with E-state index in [9.17, 15) is 4.79 Å². The molecule has 0 spiro atoms. The average Bonchev–Trinajstić information content (AvgIpc) is 2.87. The van der Waals surface area contributed by atoms with E-state index in [0.29, 0.717) is 0 Å². The van der Waals surface area contributed by atoms with E-state index in [0.717, 1.165) is 12.0 Å². The maximum atomic E-state index is 11.9. The molecule has 19 heavy (non-hydrogen) atoms. The largest absolute Gasteiger partial charge is 0.396 e. The average molecular weight is 260 g/mol. The van der Waals surface area contributed by atoms with Crippen LogP contribution in [-0.4, -0.2) is 23.8 Å². The molecule has 102 valence electrons. The summed E-state index contributed by atoms with van der Waals surface area (Å²) in [5, 5.41) is 14.8. The van der Waals surface area contributed by atoms with Crippen LogP contribution in [0.1, 0.15) is 24.9 Å². The summed E-state index contributed by atoms with van der Waals surface area (Å²) in [7, 11) is 0. The van der Waals surface area contributed by atoms with E-state index in [1.54, 1.807) is 0 Å². The summed E-state index contributed by atoms with van der Waals surface area (Å²) in [6.07, 6.45) is 4.66. The van der Waals surface area contributed by atoms with Crippen molar-refractivity contribution in [2.45, 2.75) is 25.4 Å². The molecule has 4 nitrogen and oxygen atoms in total. The lowest BCUT2D eigenvalue weighted by Crippen LogP contribution is -2.41. The van der Waals surface area contributed by atoms with Crippen molar-refractivity contribution >= 4 is 6.03 Å². The number of aliphatic hydroxyl groups excluding tert-OH is 1. The Bertz CT molecular complexity index is 445. The Morgan fingerprint density at radius 1 is 1.37 bits per heavy atom. The van der Waals surface area contributed by atoms with Gasteiger partial charge in [0.2, 0.25) is 0 Å². The predicted octanol–water partition coefficient (Wildman–Crippen LogP) is 1.98. The minimum Gasteiger partial charge on any atom is -0.396 e. The number of carbonyl (C=O) groups excluding carboxylic acids is 1. The van der Waals surface area contributed by atoms with Crippen LogP contribution in [0.25, 0.3) is 0 Å². The molecule has 4 heteroatoms. The zero-order valence-electron chi connectivity index (χ0n) is 11.0. The number of benzene rings is 1. The number of rotatable bonds is 4. The van der Waals surface area contributed by atoms with Gasteiger partial charge in [-0.2, -0.15) is 0 Å². The van der Waals surface area contributed by atoms with E-state index in [1.807, 2.05) is 49.4 Å². The SMILES string of the molecule is CC(NC(=O)N[C@@H]1C=C[C@H](CO)C1)c1ccccc1. The van der Waals surface area contributed by atoms with Crippen molar-refractivity contribution in [2.24, 2.45) is 5.92 Å². The number of carbonyl (C=O) groups is 1. The molecule has 2 amide bonds. The van der Waals surface area contributed by atoms with Gasteiger partial charge in [0.05, 0.1) is 6.04 Å². The molecular formula is C15H20N2O2. The number of hydrogen-bond donors (Lipinski definition) is 3. The van der Waals surface area contributed by atoms with Gasteiger partial charge in [-0.1, -0.05) is 42.5 Å². The Kier molecular flexibility index (Phi) is 4.58. The van der Waals surface area contributed by atoms with E-state index in [4.69, 9.17) is 5.11 Å². The van der Waals surface area contributed by atoms with Crippen molar-refractivity contribution in [2.75, 3.05) is 6.61 Å². The molecule has 0 heterocycles. The maximum absolute atomic E-state index is 11.9. The van der Waals surface area contributed by atoms with E-state index in [-0.39, 0.29) is 30.6 Å². The van der Waals surface area contributed by atoms with Gasteiger partial charge in [0.1, 0.15) is 0 Å². The number of aliphatic hydroxyl groups is 1. The van der Waals surface area contributed by atoms with E-state index < -0.39 is 0 Å². The predicted molar refractivity (Wildman–Crippen MR) is 74.6 cm³/mol. The molecule has 0 fully saturated rings. The number of urea groups is 1. The molecule has 1 aliphatic rings. The van der Waals surface area contributed by atoms with Gasteiger partial charge < -0.3 is 15.7 Å². The normalized spacial score (nSPS) is 23.1. The molecule has 0 bridgehead atoms. The Hall–Kier alpha value is -1.81. The lowest BCUT2D eigenvalue weighted by molar-refractivity contribution is 0.229. The first-order valence-corrected chi connectivity index (χ1v) is 6.60. The summed E-state index contributed by atoms with van der Waals surface area (Å²) in [5.41, 5.74) is 1.08. The fourth-order valence-corrected chi connectivity index (χ4v) is 2.25. The minimum absolute atomic E-state index is 0.0140. The highest BCUT2D eigenvalue weighted by Crippen LogP contribution is 2.17. The van der Waals surface area contributed by atoms with Crippen LogP contribution in [0.3, 0.4) is 0 Å². The Morgan fingerprint density at radius 3 is 2.74 bits per heavy atom. The summed E-state index contributed by atoms with van der Waals surface area (Å²) in [6.45, 7) is 2.09. The molecular weight excluding hydrogens is 240 g/mol. The Balaban J connectivity index is 1.80. The van der Waals surface area contributed by atoms with Crippen molar-refractivity contribution in [1.29, 1.82) is 0 Å². The van der Waals surface area contributed by atoms with Crippen LogP contribution >= 0.6 is 0 Å². The second-order valence-corrected chi connectivity index (χ2v) is 4.92. The van der Waals surface area contributed by atoms with Gasteiger partial charge in [-0.3, -0.25) is 0 Å². The van der Waals surface area contributed by atoms with Gasteiger partial charge in [-0.15, -0.1) is 0 Å². The van der Waals surface area contributed by atoms with E-state index in [2.05, 4.69) is 10.6 Å². The molecule has 3 N–H and O–H groups in total. The van der Waals surface area contributed by atoms with Gasteiger partial charge in [-0.05, 0) is 18.9 Å². The number of amides is 2. The van der Waals surface area contributed by atoms with Crippen molar-refractivity contribution in [3.05, 3.63) is 48.0 Å². The fourth-order valence-electron chi connectivity index (χ4n) is 2.25. The van der Waals surface area contributed by atoms with Crippen LogP contribution in [0, 0.1) is 5.92 Å². The summed E-state index contributed by atoms with van der Waals surface area (Å²) in [6, 6.07) is 9.65. The van der Waals surface area contributed by atoms with Crippen LogP contribution in [0.5, 0.6) is 0 Å². The highest BCUT2D eigenvalue weighted by molar-refractivity contribution is 5.75. The zero-order valence-corrected chi connectivity index (χ0v) is 11.0. The fraction of sp³-hybridized carbons (Fsp3) is 0.400. The standard InChI is InChI=1S/C15H20N2O2/c1-11(13-5-3-2-4-6-13)16-15(19)17-14-8-7-12(9-14)10-18/h2-8,11-12,14,18H,9-10H2,1H3,(H2,16,17,19)/t11?,12-,14+/m0/s1. The van der Waals surface area contributed by atoms with Crippen molar-refractivity contribution in [1.82, 2.24) is 10.6 Å². The molecule has 1 aliphatic carbocycles. The lowest BCUT2D eigenvalue weighted by atomic mass is 10.1. The van der Waals surface area contributed by atoms with Crippen LogP contribution < -0.4 is 10.6 Å². The first-order chi connectivity index (χ1) is 9.19. The molecule has 0 aliphatic heterocycles. The number of nitrogens with one attached hydrogen (secondary N) is 2. The third-order valence-electron chi connectivity index (χ3n) is 3.37. The van der Waals surface area contributed by atoms with Crippen molar-refractivity contribution in [3.8, 4) is 0 Å². The van der Waals surface area contributed by atoms with E-state index in [1.165, 1.54) is 0 Å². The highest BCUT2D eigenvalue weighted by atomic mass is 16.3. The molecule has 0 saturated carbocycles. The summed E-state index contributed by atoms with van der Waals surface area (Å²) < 4.78 is 0. The van der Waals surface area contributed by atoms with Gasteiger partial charge >= 0.3 is 6.03 Å². The zero-order chi connectivity index (χ0) is 13.7. The van der Waals surface area contributed by atoms with Gasteiger partial charge in [0.15, 0.2) is 0 Å². The first-order valence-electron chi connectivity index (χ1n) is 6.60. The van der Waals surface area contributed by atoms with Crippen LogP contribution in [-0.2, 0) is 0 Å². The van der Waals surface area contributed by atoms with Crippen molar-refractivity contribution in [3.63, 3.8) is 0 Å². The van der Waals surface area contributed by atoms with Gasteiger partial charge in [-0.25, -0.2) is 4.79 Å². The molecule has 2 rings (SSSR count). The van der Waals surface area contributed by atoms with Crippen LogP contribution in [0.2, 0.25) is 0 Å². The highest BCUT2D eigenvalue weighted by Gasteiger charge is 2.20. The van der Waals surface area contributed by atoms with Gasteiger partial charge in [0.25, 0.3) is 0 Å². The number of hydrogen-bond acceptors (Lipinski definition) is 2. The molecule has 1 aromatic carbocycles. The first kappa shape index (κ1) is 13.6.